The minimum absolute atomic E-state index is 0.0278. The zero-order chi connectivity index (χ0) is 17.9. The summed E-state index contributed by atoms with van der Waals surface area (Å²) in [4.78, 5) is 16.4. The lowest BCUT2D eigenvalue weighted by Crippen LogP contribution is -2.10. The number of Topliss-reactive ketones (excluding diaryl/α,β-unsaturated/α-hetero) is 1. The summed E-state index contributed by atoms with van der Waals surface area (Å²) in [6.45, 7) is 2.10. The van der Waals surface area contributed by atoms with Gasteiger partial charge in [0.1, 0.15) is 0 Å². The number of hydrogen-bond donors (Lipinski definition) is 1. The number of aromatic amines is 1. The van der Waals surface area contributed by atoms with Crippen molar-refractivity contribution in [2.45, 2.75) is 19.3 Å². The van der Waals surface area contributed by atoms with E-state index >= 15 is 0 Å². The summed E-state index contributed by atoms with van der Waals surface area (Å²) >= 11 is 0. The van der Waals surface area contributed by atoms with Crippen molar-refractivity contribution in [2.75, 3.05) is 0 Å². The maximum absolute atomic E-state index is 13.0. The maximum Gasteiger partial charge on any atom is 0.163 e. The number of carbonyl (C=O) groups excluding carboxylic acids is 1. The van der Waals surface area contributed by atoms with Crippen molar-refractivity contribution >= 4 is 16.7 Å². The maximum atomic E-state index is 13.0. The highest BCUT2D eigenvalue weighted by Gasteiger charge is 2.23. The quantitative estimate of drug-likeness (QED) is 0.452. The van der Waals surface area contributed by atoms with E-state index in [4.69, 9.17) is 0 Å². The van der Waals surface area contributed by atoms with Crippen LogP contribution in [-0.2, 0) is 0 Å². The van der Waals surface area contributed by atoms with Crippen LogP contribution in [0, 0.1) is 6.92 Å². The topological polar surface area (TPSA) is 32.9 Å². The van der Waals surface area contributed by atoms with Crippen molar-refractivity contribution in [1.29, 1.82) is 0 Å². The number of H-pyrrole nitrogens is 1. The average molecular weight is 339 g/mol. The number of ketones is 1. The highest BCUT2D eigenvalue weighted by molar-refractivity contribution is 5.97. The van der Waals surface area contributed by atoms with Crippen molar-refractivity contribution in [1.82, 2.24) is 4.98 Å². The molecule has 2 heteroatoms. The van der Waals surface area contributed by atoms with Crippen molar-refractivity contribution in [2.24, 2.45) is 0 Å². The molecule has 1 heterocycles. The van der Waals surface area contributed by atoms with Crippen LogP contribution in [0.15, 0.2) is 84.9 Å². The van der Waals surface area contributed by atoms with E-state index in [1.54, 1.807) is 0 Å². The second kappa shape index (κ2) is 7.01. The molecule has 0 fully saturated rings. The Hall–Kier alpha value is -3.13. The van der Waals surface area contributed by atoms with Crippen LogP contribution in [0.3, 0.4) is 0 Å². The van der Waals surface area contributed by atoms with Crippen LogP contribution in [0.5, 0.6) is 0 Å². The number of para-hydroxylation sites is 1. The van der Waals surface area contributed by atoms with Gasteiger partial charge in [-0.1, -0.05) is 78.9 Å². The van der Waals surface area contributed by atoms with Crippen LogP contribution in [0.2, 0.25) is 0 Å². The van der Waals surface area contributed by atoms with Crippen molar-refractivity contribution < 1.29 is 4.79 Å². The Balaban J connectivity index is 1.81. The molecule has 3 aromatic carbocycles. The number of fused-ring (bicyclic) bond motifs is 1. The highest BCUT2D eigenvalue weighted by atomic mass is 16.1. The third-order valence-corrected chi connectivity index (χ3v) is 4.98. The Kier molecular flexibility index (Phi) is 4.40. The van der Waals surface area contributed by atoms with E-state index in [9.17, 15) is 4.79 Å². The molecule has 4 aromatic rings. The molecule has 128 valence electrons. The van der Waals surface area contributed by atoms with Gasteiger partial charge >= 0.3 is 0 Å². The summed E-state index contributed by atoms with van der Waals surface area (Å²) in [7, 11) is 0. The molecule has 2 nitrogen and oxygen atoms in total. The molecule has 4 rings (SSSR count). The van der Waals surface area contributed by atoms with E-state index in [0.29, 0.717) is 6.42 Å². The van der Waals surface area contributed by atoms with Gasteiger partial charge in [-0.25, -0.2) is 0 Å². The molecule has 0 aliphatic carbocycles. The number of benzene rings is 3. The summed E-state index contributed by atoms with van der Waals surface area (Å²) in [5.74, 6) is 0.198. The van der Waals surface area contributed by atoms with Gasteiger partial charge in [-0.15, -0.1) is 0 Å². The van der Waals surface area contributed by atoms with Crippen molar-refractivity contribution in [3.05, 3.63) is 107 Å². The smallest absolute Gasteiger partial charge is 0.163 e. The predicted molar refractivity (Wildman–Crippen MR) is 107 cm³/mol. The van der Waals surface area contributed by atoms with Crippen LogP contribution >= 0.6 is 0 Å². The van der Waals surface area contributed by atoms with Crippen LogP contribution in [-0.4, -0.2) is 10.8 Å². The molecule has 0 saturated carbocycles. The molecule has 0 saturated heterocycles. The van der Waals surface area contributed by atoms with Gasteiger partial charge in [-0.05, 0) is 24.1 Å². The van der Waals surface area contributed by atoms with Gasteiger partial charge in [-0.3, -0.25) is 4.79 Å². The van der Waals surface area contributed by atoms with Gasteiger partial charge in [0, 0.05) is 34.5 Å². The average Bonchev–Trinajstić information content (AvgIpc) is 3.03. The zero-order valence-electron chi connectivity index (χ0n) is 14.8. The van der Waals surface area contributed by atoms with Crippen molar-refractivity contribution in [3.63, 3.8) is 0 Å². The molecule has 0 aliphatic heterocycles. The summed E-state index contributed by atoms with van der Waals surface area (Å²) in [5.41, 5.74) is 5.40. The van der Waals surface area contributed by atoms with Gasteiger partial charge in [0.25, 0.3) is 0 Å². The van der Waals surface area contributed by atoms with Crippen molar-refractivity contribution in [3.8, 4) is 0 Å². The van der Waals surface area contributed by atoms with Crippen LogP contribution in [0.1, 0.15) is 39.5 Å². The molecule has 0 amide bonds. The lowest BCUT2D eigenvalue weighted by molar-refractivity contribution is 0.0978. The zero-order valence-corrected chi connectivity index (χ0v) is 14.8. The minimum atomic E-state index is 0.0278. The van der Waals surface area contributed by atoms with Gasteiger partial charge < -0.3 is 4.98 Å². The largest absolute Gasteiger partial charge is 0.358 e. The highest BCUT2D eigenvalue weighted by Crippen LogP contribution is 2.36. The first kappa shape index (κ1) is 16.3. The van der Waals surface area contributed by atoms with Gasteiger partial charge in [0.15, 0.2) is 5.78 Å². The Bertz CT molecular complexity index is 1030. The fourth-order valence-corrected chi connectivity index (χ4v) is 3.75. The summed E-state index contributed by atoms with van der Waals surface area (Å²) in [6.07, 6.45) is 0.455. The van der Waals surface area contributed by atoms with Crippen LogP contribution in [0.4, 0.5) is 0 Å². The van der Waals surface area contributed by atoms with Crippen LogP contribution < -0.4 is 0 Å². The summed E-state index contributed by atoms with van der Waals surface area (Å²) in [5, 5.41) is 1.19. The van der Waals surface area contributed by atoms with Gasteiger partial charge in [0.05, 0.1) is 0 Å². The van der Waals surface area contributed by atoms with E-state index in [-0.39, 0.29) is 11.7 Å². The third-order valence-electron chi connectivity index (χ3n) is 4.98. The molecule has 1 atom stereocenters. The number of rotatable bonds is 5. The number of aryl methyl sites for hydroxylation is 1. The molecular formula is C24H21NO. The standard InChI is InChI=1S/C24H21NO/c1-17-24(20-14-8-9-15-22(20)25-17)21(18-10-4-2-5-11-18)16-23(26)19-12-6-3-7-13-19/h2-15,21,25H,16H2,1H3. The van der Waals surface area contributed by atoms with Gasteiger partial charge in [0.2, 0.25) is 0 Å². The molecule has 0 radical (unpaired) electrons. The minimum Gasteiger partial charge on any atom is -0.358 e. The fourth-order valence-electron chi connectivity index (χ4n) is 3.75. The Morgan fingerprint density at radius 2 is 1.46 bits per heavy atom. The first-order valence-electron chi connectivity index (χ1n) is 8.94. The molecule has 26 heavy (non-hydrogen) atoms. The van der Waals surface area contributed by atoms with E-state index in [1.165, 1.54) is 16.5 Å². The van der Waals surface area contributed by atoms with Gasteiger partial charge in [-0.2, -0.15) is 0 Å². The van der Waals surface area contributed by atoms with E-state index in [2.05, 4.69) is 42.2 Å². The summed E-state index contributed by atoms with van der Waals surface area (Å²) < 4.78 is 0. The first-order valence-corrected chi connectivity index (χ1v) is 8.94. The molecule has 1 aromatic heterocycles. The third kappa shape index (κ3) is 3.06. The normalized spacial score (nSPS) is 12.2. The molecule has 1 unspecified atom stereocenters. The molecule has 1 N–H and O–H groups in total. The molecular weight excluding hydrogens is 318 g/mol. The summed E-state index contributed by atoms with van der Waals surface area (Å²) in [6, 6.07) is 28.2. The van der Waals surface area contributed by atoms with E-state index in [1.807, 2.05) is 54.6 Å². The second-order valence-electron chi connectivity index (χ2n) is 6.67. The fraction of sp³-hybridized carbons (Fsp3) is 0.125. The Morgan fingerprint density at radius 3 is 2.19 bits per heavy atom. The molecule has 0 spiro atoms. The number of hydrogen-bond acceptors (Lipinski definition) is 1. The van der Waals surface area contributed by atoms with E-state index < -0.39 is 0 Å². The number of aromatic nitrogens is 1. The molecule has 0 bridgehead atoms. The monoisotopic (exact) mass is 339 g/mol. The van der Waals surface area contributed by atoms with E-state index in [0.717, 1.165) is 16.8 Å². The first-order chi connectivity index (χ1) is 12.7. The van der Waals surface area contributed by atoms with Crippen LogP contribution in [0.25, 0.3) is 10.9 Å². The predicted octanol–water partition coefficient (Wildman–Crippen LogP) is 5.88. The SMILES string of the molecule is Cc1[nH]c2ccccc2c1C(CC(=O)c1ccccc1)c1ccccc1. The lowest BCUT2D eigenvalue weighted by Gasteiger charge is -2.18. The molecule has 0 aliphatic rings. The number of nitrogens with one attached hydrogen (secondary N) is 1. The Labute approximate surface area is 153 Å². The second-order valence-corrected chi connectivity index (χ2v) is 6.67. The number of carbonyl (C=O) groups is 1. The lowest BCUT2D eigenvalue weighted by atomic mass is 9.84. The Morgan fingerprint density at radius 1 is 0.846 bits per heavy atom.